The molecule has 104 valence electrons. The van der Waals surface area contributed by atoms with E-state index in [9.17, 15) is 4.79 Å². The highest BCUT2D eigenvalue weighted by Crippen LogP contribution is 2.21. The van der Waals surface area contributed by atoms with Gasteiger partial charge in [-0.2, -0.15) is 0 Å². The third-order valence-corrected chi connectivity index (χ3v) is 3.51. The van der Waals surface area contributed by atoms with Crippen LogP contribution in [0.2, 0.25) is 5.02 Å². The van der Waals surface area contributed by atoms with Gasteiger partial charge in [-0.25, -0.2) is 0 Å². The Morgan fingerprint density at radius 3 is 2.47 bits per heavy atom. The number of carbonyl (C=O) groups is 1. The van der Waals surface area contributed by atoms with Gasteiger partial charge in [0.2, 0.25) is 5.91 Å². The first-order chi connectivity index (χ1) is 9.06. The van der Waals surface area contributed by atoms with Crippen molar-refractivity contribution in [1.29, 1.82) is 0 Å². The van der Waals surface area contributed by atoms with Gasteiger partial charge in [0.05, 0.1) is 6.04 Å². The van der Waals surface area contributed by atoms with Crippen LogP contribution < -0.4 is 10.5 Å². The molecule has 0 aliphatic carbocycles. The summed E-state index contributed by atoms with van der Waals surface area (Å²) in [6, 6.07) is 6.93. The molecular weight excluding hydrogens is 264 g/mol. The molecule has 0 radical (unpaired) electrons. The molecule has 1 atom stereocenters. The molecule has 0 aromatic heterocycles. The number of ether oxygens (including phenoxy) is 1. The number of halogens is 1. The Bertz CT molecular complexity index is 426. The zero-order chi connectivity index (χ0) is 13.8. The number of nitrogens with two attached hydrogens (primary N) is 1. The second-order valence-corrected chi connectivity index (χ2v) is 5.32. The van der Waals surface area contributed by atoms with Crippen LogP contribution in [0.1, 0.15) is 19.8 Å². The number of rotatable bonds is 3. The largest absolute Gasteiger partial charge is 0.490 e. The summed E-state index contributed by atoms with van der Waals surface area (Å²) in [6.45, 7) is 3.13. The lowest BCUT2D eigenvalue weighted by atomic mass is 10.1. The summed E-state index contributed by atoms with van der Waals surface area (Å²) in [4.78, 5) is 13.6. The molecule has 2 N–H and O–H groups in total. The smallest absolute Gasteiger partial charge is 0.239 e. The van der Waals surface area contributed by atoms with Crippen LogP contribution in [0.3, 0.4) is 0 Å². The normalized spacial score (nSPS) is 18.2. The van der Waals surface area contributed by atoms with E-state index in [1.165, 1.54) is 0 Å². The number of hydrogen-bond acceptors (Lipinski definition) is 3. The van der Waals surface area contributed by atoms with Crippen LogP contribution in [-0.4, -0.2) is 36.0 Å². The van der Waals surface area contributed by atoms with Gasteiger partial charge >= 0.3 is 0 Å². The minimum Gasteiger partial charge on any atom is -0.490 e. The van der Waals surface area contributed by atoms with E-state index in [2.05, 4.69) is 0 Å². The van der Waals surface area contributed by atoms with Crippen molar-refractivity contribution in [2.24, 2.45) is 5.73 Å². The summed E-state index contributed by atoms with van der Waals surface area (Å²) in [7, 11) is 0. The highest BCUT2D eigenvalue weighted by atomic mass is 35.5. The van der Waals surface area contributed by atoms with Crippen molar-refractivity contribution in [3.8, 4) is 5.75 Å². The minimum atomic E-state index is -0.422. The van der Waals surface area contributed by atoms with Gasteiger partial charge in [0.25, 0.3) is 0 Å². The van der Waals surface area contributed by atoms with Gasteiger partial charge in [-0.3, -0.25) is 4.79 Å². The van der Waals surface area contributed by atoms with Gasteiger partial charge < -0.3 is 15.4 Å². The van der Waals surface area contributed by atoms with E-state index in [0.29, 0.717) is 18.1 Å². The molecule has 0 saturated carbocycles. The number of likely N-dealkylation sites (tertiary alicyclic amines) is 1. The van der Waals surface area contributed by atoms with Crippen molar-refractivity contribution >= 4 is 17.5 Å². The molecule has 1 amide bonds. The molecule has 1 aliphatic rings. The first-order valence-corrected chi connectivity index (χ1v) is 6.90. The number of nitrogens with zero attached hydrogens (tertiary/aromatic N) is 1. The fraction of sp³-hybridized carbons (Fsp3) is 0.500. The number of benzene rings is 1. The second-order valence-electron chi connectivity index (χ2n) is 4.89. The molecule has 1 heterocycles. The maximum absolute atomic E-state index is 11.7. The van der Waals surface area contributed by atoms with Crippen LogP contribution in [0.4, 0.5) is 0 Å². The van der Waals surface area contributed by atoms with Crippen LogP contribution in [-0.2, 0) is 4.79 Å². The molecule has 1 saturated heterocycles. The highest BCUT2D eigenvalue weighted by Gasteiger charge is 2.25. The van der Waals surface area contributed by atoms with Crippen molar-refractivity contribution in [2.45, 2.75) is 31.9 Å². The fourth-order valence-electron chi connectivity index (χ4n) is 2.19. The van der Waals surface area contributed by atoms with Gasteiger partial charge in [0.15, 0.2) is 0 Å². The summed E-state index contributed by atoms with van der Waals surface area (Å²) >= 11 is 5.83. The molecule has 19 heavy (non-hydrogen) atoms. The standard InChI is InChI=1S/C14H19ClN2O2/c1-10(16)14(18)17-8-6-13(7-9-17)19-12-4-2-11(15)3-5-12/h2-5,10,13H,6-9,16H2,1H3. The number of carbonyl (C=O) groups excluding carboxylic acids is 1. The molecule has 1 aromatic carbocycles. The first kappa shape index (κ1) is 14.2. The van der Waals surface area contributed by atoms with Gasteiger partial charge in [-0.05, 0) is 31.2 Å². The van der Waals surface area contributed by atoms with Crippen molar-refractivity contribution in [2.75, 3.05) is 13.1 Å². The van der Waals surface area contributed by atoms with Crippen molar-refractivity contribution in [3.63, 3.8) is 0 Å². The van der Waals surface area contributed by atoms with E-state index < -0.39 is 6.04 Å². The Morgan fingerprint density at radius 2 is 1.95 bits per heavy atom. The maximum Gasteiger partial charge on any atom is 0.239 e. The lowest BCUT2D eigenvalue weighted by molar-refractivity contribution is -0.133. The Kier molecular flexibility index (Phi) is 4.66. The Hall–Kier alpha value is -1.26. The summed E-state index contributed by atoms with van der Waals surface area (Å²) in [5, 5.41) is 0.699. The number of amides is 1. The Labute approximate surface area is 118 Å². The van der Waals surface area contributed by atoms with E-state index in [4.69, 9.17) is 22.1 Å². The first-order valence-electron chi connectivity index (χ1n) is 6.53. The molecule has 1 fully saturated rings. The Balaban J connectivity index is 1.83. The third-order valence-electron chi connectivity index (χ3n) is 3.26. The molecule has 2 rings (SSSR count). The van der Waals surface area contributed by atoms with Crippen LogP contribution in [0.15, 0.2) is 24.3 Å². The van der Waals surface area contributed by atoms with Crippen LogP contribution in [0.5, 0.6) is 5.75 Å². The average molecular weight is 283 g/mol. The van der Waals surface area contributed by atoms with E-state index in [-0.39, 0.29) is 12.0 Å². The van der Waals surface area contributed by atoms with Gasteiger partial charge in [0, 0.05) is 31.0 Å². The SMILES string of the molecule is CC(N)C(=O)N1CCC(Oc2ccc(Cl)cc2)CC1. The van der Waals surface area contributed by atoms with E-state index in [1.54, 1.807) is 6.92 Å². The number of hydrogen-bond donors (Lipinski definition) is 1. The summed E-state index contributed by atoms with van der Waals surface area (Å²) in [6.07, 6.45) is 1.82. The van der Waals surface area contributed by atoms with E-state index in [0.717, 1.165) is 18.6 Å². The summed E-state index contributed by atoms with van der Waals surface area (Å²) in [5.41, 5.74) is 5.60. The van der Waals surface area contributed by atoms with Crippen molar-refractivity contribution in [3.05, 3.63) is 29.3 Å². The molecule has 1 unspecified atom stereocenters. The second kappa shape index (κ2) is 6.26. The van der Waals surface area contributed by atoms with Crippen molar-refractivity contribution < 1.29 is 9.53 Å². The van der Waals surface area contributed by atoms with Crippen molar-refractivity contribution in [1.82, 2.24) is 4.90 Å². The summed E-state index contributed by atoms with van der Waals surface area (Å²) in [5.74, 6) is 0.839. The molecular formula is C14H19ClN2O2. The van der Waals surface area contributed by atoms with E-state index in [1.807, 2.05) is 29.2 Å². The highest BCUT2D eigenvalue weighted by molar-refractivity contribution is 6.30. The Morgan fingerprint density at radius 1 is 1.37 bits per heavy atom. The quantitative estimate of drug-likeness (QED) is 0.923. The molecule has 1 aliphatic heterocycles. The van der Waals surface area contributed by atoms with Crippen LogP contribution in [0.25, 0.3) is 0 Å². The third kappa shape index (κ3) is 3.85. The number of piperidine rings is 1. The summed E-state index contributed by atoms with van der Waals surface area (Å²) < 4.78 is 5.87. The topological polar surface area (TPSA) is 55.6 Å². The lowest BCUT2D eigenvalue weighted by Gasteiger charge is -2.33. The molecule has 5 heteroatoms. The zero-order valence-corrected chi connectivity index (χ0v) is 11.8. The fourth-order valence-corrected chi connectivity index (χ4v) is 2.31. The van der Waals surface area contributed by atoms with Crippen LogP contribution >= 0.6 is 11.6 Å². The maximum atomic E-state index is 11.7. The zero-order valence-electron chi connectivity index (χ0n) is 11.0. The molecule has 1 aromatic rings. The average Bonchev–Trinajstić information content (AvgIpc) is 2.41. The van der Waals surface area contributed by atoms with Gasteiger partial charge in [-0.1, -0.05) is 11.6 Å². The monoisotopic (exact) mass is 282 g/mol. The van der Waals surface area contributed by atoms with Gasteiger partial charge in [0.1, 0.15) is 11.9 Å². The minimum absolute atomic E-state index is 0.0185. The van der Waals surface area contributed by atoms with Gasteiger partial charge in [-0.15, -0.1) is 0 Å². The predicted molar refractivity (Wildman–Crippen MR) is 75.3 cm³/mol. The van der Waals surface area contributed by atoms with E-state index >= 15 is 0 Å². The molecule has 4 nitrogen and oxygen atoms in total. The molecule has 0 bridgehead atoms. The molecule has 0 spiro atoms. The van der Waals surface area contributed by atoms with Crippen LogP contribution in [0, 0.1) is 0 Å². The predicted octanol–water partition coefficient (Wildman–Crippen LogP) is 2.06. The lowest BCUT2D eigenvalue weighted by Crippen LogP contribution is -2.47.